The van der Waals surface area contributed by atoms with Gasteiger partial charge in [0.1, 0.15) is 5.75 Å². The molecular weight excluding hydrogens is 472 g/mol. The fraction of sp³-hybridized carbons (Fsp3) is 0.120. The summed E-state index contributed by atoms with van der Waals surface area (Å²) in [6.45, 7) is 0. The van der Waals surface area contributed by atoms with Crippen molar-refractivity contribution in [1.82, 2.24) is 0 Å². The molecule has 0 bridgehead atoms. The summed E-state index contributed by atoms with van der Waals surface area (Å²) < 4.78 is 5.37. The molecule has 0 saturated carbocycles. The van der Waals surface area contributed by atoms with Crippen molar-refractivity contribution in [3.63, 3.8) is 0 Å². The summed E-state index contributed by atoms with van der Waals surface area (Å²) in [4.78, 5) is 35.8. The maximum absolute atomic E-state index is 12.4. The maximum atomic E-state index is 12.4. The van der Waals surface area contributed by atoms with Gasteiger partial charge in [-0.1, -0.05) is 35.9 Å². The number of ether oxygens (including phenoxy) is 1. The van der Waals surface area contributed by atoms with Gasteiger partial charge in [0.15, 0.2) is 5.96 Å². The second-order valence-corrected chi connectivity index (χ2v) is 7.94. The van der Waals surface area contributed by atoms with E-state index in [2.05, 4.69) is 10.6 Å². The number of amides is 1. The van der Waals surface area contributed by atoms with Crippen LogP contribution in [0.1, 0.15) is 27.9 Å². The predicted molar refractivity (Wildman–Crippen MR) is 133 cm³/mol. The van der Waals surface area contributed by atoms with Gasteiger partial charge >= 0.3 is 11.9 Å². The third kappa shape index (κ3) is 7.58. The van der Waals surface area contributed by atoms with Gasteiger partial charge in [0.25, 0.3) is 0 Å². The fourth-order valence-electron chi connectivity index (χ4n) is 3.23. The predicted octanol–water partition coefficient (Wildman–Crippen LogP) is 4.06. The van der Waals surface area contributed by atoms with Gasteiger partial charge in [-0.05, 0) is 60.0 Å². The molecule has 0 unspecified atom stereocenters. The Morgan fingerprint density at radius 1 is 0.971 bits per heavy atom. The van der Waals surface area contributed by atoms with Crippen LogP contribution < -0.4 is 21.1 Å². The molecule has 0 radical (unpaired) electrons. The van der Waals surface area contributed by atoms with E-state index in [-0.39, 0.29) is 30.5 Å². The number of carboxylic acids is 1. The van der Waals surface area contributed by atoms with Crippen LogP contribution in [0.4, 0.5) is 11.4 Å². The maximum Gasteiger partial charge on any atom is 0.343 e. The molecule has 0 heterocycles. The van der Waals surface area contributed by atoms with E-state index in [1.807, 2.05) is 0 Å². The SMILES string of the molecule is N=C(N)Nc1ccc(C(=O)Oc2ccc(CCC(=O)Nc3ccccc3CC(=O)O)c(Cl)c2)cc1. The van der Waals surface area contributed by atoms with Gasteiger partial charge in [-0.2, -0.15) is 0 Å². The molecule has 0 atom stereocenters. The summed E-state index contributed by atoms with van der Waals surface area (Å²) in [5.74, 6) is -1.81. The Kier molecular flexibility index (Phi) is 8.42. The number of esters is 1. The highest BCUT2D eigenvalue weighted by molar-refractivity contribution is 6.31. The number of aliphatic carboxylic acids is 1. The first-order valence-electron chi connectivity index (χ1n) is 10.5. The van der Waals surface area contributed by atoms with Gasteiger partial charge in [0.05, 0.1) is 12.0 Å². The number of hydrogen-bond donors (Lipinski definition) is 5. The van der Waals surface area contributed by atoms with E-state index in [4.69, 9.17) is 32.6 Å². The highest BCUT2D eigenvalue weighted by atomic mass is 35.5. The van der Waals surface area contributed by atoms with Gasteiger partial charge in [0.2, 0.25) is 5.91 Å². The zero-order valence-corrected chi connectivity index (χ0v) is 19.3. The minimum atomic E-state index is -0.985. The quantitative estimate of drug-likeness (QED) is 0.130. The van der Waals surface area contributed by atoms with Crippen molar-refractivity contribution in [2.45, 2.75) is 19.3 Å². The summed E-state index contributed by atoms with van der Waals surface area (Å²) in [6, 6.07) is 17.8. The Morgan fingerprint density at radius 3 is 2.34 bits per heavy atom. The number of halogens is 1. The first-order valence-corrected chi connectivity index (χ1v) is 10.9. The van der Waals surface area contributed by atoms with E-state index in [0.29, 0.717) is 39.5 Å². The van der Waals surface area contributed by atoms with Crippen molar-refractivity contribution in [1.29, 1.82) is 5.41 Å². The number of carbonyl (C=O) groups is 3. The number of para-hydroxylation sites is 1. The number of hydrogen-bond acceptors (Lipinski definition) is 5. The van der Waals surface area contributed by atoms with Gasteiger partial charge in [0, 0.05) is 22.8 Å². The highest BCUT2D eigenvalue weighted by Crippen LogP contribution is 2.25. The molecule has 0 aliphatic carbocycles. The number of anilines is 2. The largest absolute Gasteiger partial charge is 0.481 e. The van der Waals surface area contributed by atoms with Crippen molar-refractivity contribution in [2.24, 2.45) is 5.73 Å². The molecule has 0 aliphatic rings. The van der Waals surface area contributed by atoms with Crippen molar-refractivity contribution in [2.75, 3.05) is 10.6 Å². The molecule has 3 rings (SSSR count). The number of guanidine groups is 1. The number of nitrogens with two attached hydrogens (primary N) is 1. The van der Waals surface area contributed by atoms with E-state index < -0.39 is 11.9 Å². The summed E-state index contributed by atoms with van der Waals surface area (Å²) in [6.07, 6.45) is 0.271. The van der Waals surface area contributed by atoms with Crippen molar-refractivity contribution in [3.05, 3.63) is 88.4 Å². The van der Waals surface area contributed by atoms with Gasteiger partial charge in [-0.25, -0.2) is 4.79 Å². The van der Waals surface area contributed by atoms with Crippen LogP contribution >= 0.6 is 11.6 Å². The van der Waals surface area contributed by atoms with Crippen LogP contribution in [0.2, 0.25) is 5.02 Å². The lowest BCUT2D eigenvalue weighted by molar-refractivity contribution is -0.136. The average molecular weight is 495 g/mol. The normalized spacial score (nSPS) is 10.3. The molecule has 3 aromatic rings. The summed E-state index contributed by atoms with van der Waals surface area (Å²) in [5, 5.41) is 21.9. The van der Waals surface area contributed by atoms with Gasteiger partial charge in [-0.3, -0.25) is 15.0 Å². The number of aryl methyl sites for hydroxylation is 1. The minimum absolute atomic E-state index is 0.126. The molecule has 3 aromatic carbocycles. The number of rotatable bonds is 9. The zero-order valence-electron chi connectivity index (χ0n) is 18.5. The number of benzene rings is 3. The van der Waals surface area contributed by atoms with E-state index in [1.54, 1.807) is 48.5 Å². The highest BCUT2D eigenvalue weighted by Gasteiger charge is 2.13. The molecule has 180 valence electrons. The Balaban J connectivity index is 1.56. The first kappa shape index (κ1) is 25.3. The second-order valence-electron chi connectivity index (χ2n) is 7.53. The molecule has 6 N–H and O–H groups in total. The topological polar surface area (TPSA) is 155 Å². The molecule has 1 amide bonds. The smallest absolute Gasteiger partial charge is 0.343 e. The van der Waals surface area contributed by atoms with E-state index in [1.165, 1.54) is 18.2 Å². The molecule has 35 heavy (non-hydrogen) atoms. The van der Waals surface area contributed by atoms with Gasteiger partial charge < -0.3 is 26.2 Å². The van der Waals surface area contributed by atoms with E-state index in [9.17, 15) is 14.4 Å². The Hall–Kier alpha value is -4.37. The van der Waals surface area contributed by atoms with E-state index >= 15 is 0 Å². The minimum Gasteiger partial charge on any atom is -0.481 e. The lowest BCUT2D eigenvalue weighted by Crippen LogP contribution is -2.20. The molecule has 10 heteroatoms. The fourth-order valence-corrected chi connectivity index (χ4v) is 3.49. The number of carboxylic acid groups (broad SMARTS) is 1. The van der Waals surface area contributed by atoms with Crippen molar-refractivity contribution < 1.29 is 24.2 Å². The number of carbonyl (C=O) groups excluding carboxylic acids is 2. The summed E-state index contributed by atoms with van der Waals surface area (Å²) in [5.41, 5.74) is 7.81. The molecular formula is C25H23ClN4O5. The van der Waals surface area contributed by atoms with Crippen LogP contribution in [0.5, 0.6) is 5.75 Å². The first-order chi connectivity index (χ1) is 16.7. The third-order valence-electron chi connectivity index (χ3n) is 4.89. The molecule has 9 nitrogen and oxygen atoms in total. The van der Waals surface area contributed by atoms with Crippen LogP contribution in [0.3, 0.4) is 0 Å². The Bertz CT molecular complexity index is 1260. The van der Waals surface area contributed by atoms with Crippen LogP contribution in [0.15, 0.2) is 66.7 Å². The molecule has 0 fully saturated rings. The van der Waals surface area contributed by atoms with Gasteiger partial charge in [-0.15, -0.1) is 0 Å². The second kappa shape index (κ2) is 11.7. The van der Waals surface area contributed by atoms with E-state index in [0.717, 1.165) is 0 Å². The molecule has 0 aromatic heterocycles. The van der Waals surface area contributed by atoms with Crippen LogP contribution in [0, 0.1) is 5.41 Å². The Labute approximate surface area is 206 Å². The zero-order chi connectivity index (χ0) is 25.4. The van der Waals surface area contributed by atoms with Crippen LogP contribution in [0.25, 0.3) is 0 Å². The number of nitrogens with one attached hydrogen (secondary N) is 3. The third-order valence-corrected chi connectivity index (χ3v) is 5.24. The lowest BCUT2D eigenvalue weighted by Gasteiger charge is -2.11. The lowest BCUT2D eigenvalue weighted by atomic mass is 10.1. The monoisotopic (exact) mass is 494 g/mol. The molecule has 0 spiro atoms. The molecule has 0 saturated heterocycles. The average Bonchev–Trinajstić information content (AvgIpc) is 2.79. The van der Waals surface area contributed by atoms with Crippen molar-refractivity contribution >= 4 is 46.8 Å². The van der Waals surface area contributed by atoms with Crippen LogP contribution in [-0.2, 0) is 22.4 Å². The standard InChI is InChI=1S/C25H23ClN4O5/c26-20-14-19(35-24(34)16-5-9-18(10-6-16)29-25(27)28)11-7-15(20)8-12-22(31)30-21-4-2-1-3-17(21)13-23(32)33/h1-7,9-11,14H,8,12-13H2,(H,30,31)(H,32,33)(H4,27,28,29). The molecule has 0 aliphatic heterocycles. The van der Waals surface area contributed by atoms with Crippen LogP contribution in [-0.4, -0.2) is 28.9 Å². The van der Waals surface area contributed by atoms with Crippen molar-refractivity contribution in [3.8, 4) is 5.75 Å². The summed E-state index contributed by atoms with van der Waals surface area (Å²) in [7, 11) is 0. The summed E-state index contributed by atoms with van der Waals surface area (Å²) >= 11 is 6.33. The Morgan fingerprint density at radius 2 is 1.69 bits per heavy atom.